The Bertz CT molecular complexity index is 1070. The zero-order chi connectivity index (χ0) is 19.7. The molecule has 0 bridgehead atoms. The molecule has 4 rings (SSSR count). The van der Waals surface area contributed by atoms with Gasteiger partial charge in [-0.15, -0.1) is 0 Å². The Morgan fingerprint density at radius 2 is 2.14 bits per heavy atom. The molecule has 1 aromatic carbocycles. The fourth-order valence-electron chi connectivity index (χ4n) is 3.52. The van der Waals surface area contributed by atoms with Crippen LogP contribution in [0.4, 0.5) is 15.9 Å². The number of para-hydroxylation sites is 1. The SMILES string of the molecule is CCC(C(C=Nc1ccccc1F)=NN)n1cc(C2CC2)c2c(N)ncnc21. The van der Waals surface area contributed by atoms with E-state index in [0.717, 1.165) is 29.4 Å². The van der Waals surface area contributed by atoms with Gasteiger partial charge in [0.15, 0.2) is 0 Å². The van der Waals surface area contributed by atoms with Crippen LogP contribution in [0.5, 0.6) is 0 Å². The van der Waals surface area contributed by atoms with Gasteiger partial charge in [-0.2, -0.15) is 5.10 Å². The van der Waals surface area contributed by atoms with E-state index in [4.69, 9.17) is 11.6 Å². The lowest BCUT2D eigenvalue weighted by atomic mass is 10.1. The van der Waals surface area contributed by atoms with Crippen LogP contribution < -0.4 is 11.6 Å². The number of rotatable bonds is 6. The van der Waals surface area contributed by atoms with Gasteiger partial charge in [-0.1, -0.05) is 19.1 Å². The largest absolute Gasteiger partial charge is 0.383 e. The predicted molar refractivity (Wildman–Crippen MR) is 109 cm³/mol. The highest BCUT2D eigenvalue weighted by Gasteiger charge is 2.30. The summed E-state index contributed by atoms with van der Waals surface area (Å²) in [6.45, 7) is 2.03. The van der Waals surface area contributed by atoms with Crippen LogP contribution in [0, 0.1) is 5.82 Å². The summed E-state index contributed by atoms with van der Waals surface area (Å²) in [4.78, 5) is 12.9. The number of nitrogens with zero attached hydrogens (tertiary/aromatic N) is 5. The van der Waals surface area contributed by atoms with Crippen molar-refractivity contribution < 1.29 is 4.39 Å². The molecule has 1 unspecified atom stereocenters. The number of fused-ring (bicyclic) bond motifs is 1. The van der Waals surface area contributed by atoms with Gasteiger partial charge in [0, 0.05) is 6.20 Å². The molecule has 7 nitrogen and oxygen atoms in total. The zero-order valence-electron chi connectivity index (χ0n) is 15.6. The number of nitrogen functional groups attached to an aromatic ring is 1. The maximum absolute atomic E-state index is 13.9. The number of benzene rings is 1. The first-order valence-corrected chi connectivity index (χ1v) is 9.31. The number of hydrogen-bond acceptors (Lipinski definition) is 6. The maximum atomic E-state index is 13.9. The van der Waals surface area contributed by atoms with Crippen molar-refractivity contribution in [1.82, 2.24) is 14.5 Å². The van der Waals surface area contributed by atoms with Gasteiger partial charge in [-0.3, -0.25) is 4.99 Å². The lowest BCUT2D eigenvalue weighted by Gasteiger charge is -2.17. The van der Waals surface area contributed by atoms with Crippen molar-refractivity contribution in [2.24, 2.45) is 15.9 Å². The van der Waals surface area contributed by atoms with Crippen LogP contribution in [0.3, 0.4) is 0 Å². The molecule has 2 heterocycles. The minimum absolute atomic E-state index is 0.204. The van der Waals surface area contributed by atoms with E-state index in [2.05, 4.69) is 26.3 Å². The maximum Gasteiger partial charge on any atom is 0.148 e. The van der Waals surface area contributed by atoms with Crippen LogP contribution in [0.15, 0.2) is 46.9 Å². The first kappa shape index (κ1) is 18.1. The van der Waals surface area contributed by atoms with Crippen molar-refractivity contribution in [2.75, 3.05) is 5.73 Å². The normalized spacial score (nSPS) is 16.1. The molecule has 0 amide bonds. The lowest BCUT2D eigenvalue weighted by molar-refractivity contribution is 0.629. The van der Waals surface area contributed by atoms with Crippen molar-refractivity contribution in [3.8, 4) is 0 Å². The standard InChI is InChI=1S/C20H22FN7/c1-2-17(16(27-23)9-24-15-6-4-3-5-14(15)21)28-10-13(12-7-8-12)18-19(22)25-11-26-20(18)28/h3-6,9-12,17H,2,7-8,23H2,1H3,(H2,22,25,26). The van der Waals surface area contributed by atoms with E-state index in [1.165, 1.54) is 18.6 Å². The van der Waals surface area contributed by atoms with Crippen molar-refractivity contribution in [2.45, 2.75) is 38.1 Å². The Hall–Kier alpha value is -3.29. The Morgan fingerprint density at radius 3 is 2.82 bits per heavy atom. The number of aliphatic imine (C=N–C) groups is 1. The average Bonchev–Trinajstić information content (AvgIpc) is 3.48. The molecule has 1 fully saturated rings. The number of hydrogen-bond donors (Lipinski definition) is 2. The summed E-state index contributed by atoms with van der Waals surface area (Å²) in [7, 11) is 0. The molecule has 0 saturated heterocycles. The van der Waals surface area contributed by atoms with Crippen molar-refractivity contribution in [3.63, 3.8) is 0 Å². The summed E-state index contributed by atoms with van der Waals surface area (Å²) in [5.41, 5.74) is 8.83. The van der Waals surface area contributed by atoms with Gasteiger partial charge in [-0.05, 0) is 42.9 Å². The third-order valence-corrected chi connectivity index (χ3v) is 5.09. The van der Waals surface area contributed by atoms with E-state index in [0.29, 0.717) is 23.9 Å². The Kier molecular flexibility index (Phi) is 4.77. The van der Waals surface area contributed by atoms with Gasteiger partial charge in [0.1, 0.15) is 29.3 Å². The van der Waals surface area contributed by atoms with Crippen LogP contribution in [0.25, 0.3) is 11.0 Å². The summed E-state index contributed by atoms with van der Waals surface area (Å²) in [6.07, 6.45) is 8.03. The summed E-state index contributed by atoms with van der Waals surface area (Å²) in [6, 6.07) is 6.11. The van der Waals surface area contributed by atoms with Gasteiger partial charge < -0.3 is 16.1 Å². The number of aromatic nitrogens is 3. The highest BCUT2D eigenvalue weighted by Crippen LogP contribution is 2.45. The highest BCUT2D eigenvalue weighted by molar-refractivity contribution is 6.32. The molecule has 1 aliphatic rings. The molecule has 2 aromatic heterocycles. The van der Waals surface area contributed by atoms with Crippen molar-refractivity contribution >= 4 is 34.5 Å². The van der Waals surface area contributed by atoms with Crippen LogP contribution in [-0.4, -0.2) is 26.5 Å². The molecule has 1 saturated carbocycles. The summed E-state index contributed by atoms with van der Waals surface area (Å²) >= 11 is 0. The fourth-order valence-corrected chi connectivity index (χ4v) is 3.52. The lowest BCUT2D eigenvalue weighted by Crippen LogP contribution is -2.21. The molecule has 8 heteroatoms. The second-order valence-electron chi connectivity index (χ2n) is 6.91. The van der Waals surface area contributed by atoms with E-state index in [1.54, 1.807) is 18.2 Å². The quantitative estimate of drug-likeness (QED) is 0.387. The number of hydrazone groups is 1. The molecule has 0 spiro atoms. The minimum atomic E-state index is -0.397. The van der Waals surface area contributed by atoms with Crippen LogP contribution in [-0.2, 0) is 0 Å². The molecule has 0 aliphatic heterocycles. The second kappa shape index (κ2) is 7.38. The topological polar surface area (TPSA) is 107 Å². The van der Waals surface area contributed by atoms with Gasteiger partial charge >= 0.3 is 0 Å². The zero-order valence-corrected chi connectivity index (χ0v) is 15.6. The average molecular weight is 379 g/mol. The molecule has 1 aliphatic carbocycles. The molecular formula is C20H22FN7. The number of anilines is 1. The Labute approximate surface area is 162 Å². The highest BCUT2D eigenvalue weighted by atomic mass is 19.1. The van der Waals surface area contributed by atoms with Crippen molar-refractivity contribution in [1.29, 1.82) is 0 Å². The number of nitrogens with two attached hydrogens (primary N) is 2. The third-order valence-electron chi connectivity index (χ3n) is 5.09. The third kappa shape index (κ3) is 3.21. The number of halogens is 1. The monoisotopic (exact) mass is 379 g/mol. The molecule has 0 radical (unpaired) electrons. The predicted octanol–water partition coefficient (Wildman–Crippen LogP) is 3.70. The smallest absolute Gasteiger partial charge is 0.148 e. The van der Waals surface area contributed by atoms with E-state index < -0.39 is 5.82 Å². The molecule has 28 heavy (non-hydrogen) atoms. The molecule has 3 aromatic rings. The minimum Gasteiger partial charge on any atom is -0.383 e. The van der Waals surface area contributed by atoms with Gasteiger partial charge in [-0.25, -0.2) is 14.4 Å². The Morgan fingerprint density at radius 1 is 1.36 bits per heavy atom. The van der Waals surface area contributed by atoms with E-state index >= 15 is 0 Å². The van der Waals surface area contributed by atoms with Crippen molar-refractivity contribution in [3.05, 3.63) is 48.2 Å². The van der Waals surface area contributed by atoms with Crippen LogP contribution in [0.1, 0.15) is 43.7 Å². The summed E-state index contributed by atoms with van der Waals surface area (Å²) < 4.78 is 15.9. The molecular weight excluding hydrogens is 357 g/mol. The summed E-state index contributed by atoms with van der Waals surface area (Å²) in [5, 5.41) is 4.82. The molecule has 1 atom stereocenters. The first-order chi connectivity index (χ1) is 13.6. The van der Waals surface area contributed by atoms with E-state index in [1.807, 2.05) is 11.5 Å². The summed E-state index contributed by atoms with van der Waals surface area (Å²) in [5.74, 6) is 6.24. The molecule has 144 valence electrons. The molecule has 4 N–H and O–H groups in total. The van der Waals surface area contributed by atoms with Gasteiger partial charge in [0.25, 0.3) is 0 Å². The van der Waals surface area contributed by atoms with Crippen LogP contribution in [0.2, 0.25) is 0 Å². The second-order valence-corrected chi connectivity index (χ2v) is 6.91. The van der Waals surface area contributed by atoms with Gasteiger partial charge in [0.2, 0.25) is 0 Å². The fraction of sp³-hybridized carbons (Fsp3) is 0.300. The first-order valence-electron chi connectivity index (χ1n) is 9.31. The van der Waals surface area contributed by atoms with E-state index in [9.17, 15) is 4.39 Å². The van der Waals surface area contributed by atoms with E-state index in [-0.39, 0.29) is 11.7 Å². The van der Waals surface area contributed by atoms with Crippen LogP contribution >= 0.6 is 0 Å². The van der Waals surface area contributed by atoms with Gasteiger partial charge in [0.05, 0.1) is 23.3 Å². The Balaban J connectivity index is 1.76.